The predicted octanol–water partition coefficient (Wildman–Crippen LogP) is 1.17. The van der Waals surface area contributed by atoms with Crippen molar-refractivity contribution in [1.29, 1.82) is 0 Å². The van der Waals surface area contributed by atoms with E-state index in [-0.39, 0.29) is 11.7 Å². The third kappa shape index (κ3) is 3.51. The van der Waals surface area contributed by atoms with E-state index in [0.29, 0.717) is 18.7 Å². The van der Waals surface area contributed by atoms with E-state index >= 15 is 0 Å². The molecule has 0 atom stereocenters. The van der Waals surface area contributed by atoms with Crippen molar-refractivity contribution in [3.8, 4) is 0 Å². The summed E-state index contributed by atoms with van der Waals surface area (Å²) >= 11 is 0. The molecule has 100 valence electrons. The minimum Gasteiger partial charge on any atom is -0.337 e. The summed E-state index contributed by atoms with van der Waals surface area (Å²) < 4.78 is 0. The van der Waals surface area contributed by atoms with Crippen LogP contribution in [0.4, 0.5) is 0 Å². The number of amides is 1. The molecule has 1 saturated heterocycles. The number of carbonyl (C=O) groups is 2. The first kappa shape index (κ1) is 13.5. The van der Waals surface area contributed by atoms with Crippen molar-refractivity contribution < 1.29 is 9.59 Å². The molecular weight excluding hydrogens is 240 g/mol. The van der Waals surface area contributed by atoms with Gasteiger partial charge in [-0.05, 0) is 18.6 Å². The summed E-state index contributed by atoms with van der Waals surface area (Å²) in [6, 6.07) is 7.38. The second kappa shape index (κ2) is 6.29. The number of aryl methyl sites for hydroxylation is 1. The Labute approximate surface area is 113 Å². The summed E-state index contributed by atoms with van der Waals surface area (Å²) in [6.45, 7) is 4.90. The number of hydrogen-bond donors (Lipinski definition) is 1. The molecule has 2 rings (SSSR count). The van der Waals surface area contributed by atoms with Gasteiger partial charge in [0, 0.05) is 37.8 Å². The first-order valence-electron chi connectivity index (χ1n) is 6.46. The maximum Gasteiger partial charge on any atom is 0.246 e. The normalized spacial score (nSPS) is 15.7. The zero-order valence-electron chi connectivity index (χ0n) is 11.1. The van der Waals surface area contributed by atoms with Gasteiger partial charge >= 0.3 is 0 Å². The Kier molecular flexibility index (Phi) is 4.47. The monoisotopic (exact) mass is 258 g/mol. The van der Waals surface area contributed by atoms with Crippen LogP contribution in [0.1, 0.15) is 15.9 Å². The summed E-state index contributed by atoms with van der Waals surface area (Å²) in [6.07, 6.45) is 2.74. The molecule has 19 heavy (non-hydrogen) atoms. The number of ketones is 1. The molecule has 1 N–H and O–H groups in total. The van der Waals surface area contributed by atoms with Gasteiger partial charge in [0.15, 0.2) is 5.78 Å². The quantitative estimate of drug-likeness (QED) is 0.654. The van der Waals surface area contributed by atoms with Crippen molar-refractivity contribution in [1.82, 2.24) is 10.2 Å². The van der Waals surface area contributed by atoms with Crippen LogP contribution < -0.4 is 5.32 Å². The van der Waals surface area contributed by atoms with Gasteiger partial charge in [-0.25, -0.2) is 0 Å². The van der Waals surface area contributed by atoms with Gasteiger partial charge in [-0.2, -0.15) is 0 Å². The van der Waals surface area contributed by atoms with Crippen LogP contribution in [0.15, 0.2) is 36.4 Å². The first-order valence-corrected chi connectivity index (χ1v) is 6.46. The zero-order chi connectivity index (χ0) is 13.7. The molecule has 1 aliphatic heterocycles. The highest BCUT2D eigenvalue weighted by atomic mass is 16.2. The fraction of sp³-hybridized carbons (Fsp3) is 0.333. The highest BCUT2D eigenvalue weighted by Crippen LogP contribution is 2.08. The Morgan fingerprint density at radius 1 is 1.16 bits per heavy atom. The third-order valence-corrected chi connectivity index (χ3v) is 3.22. The predicted molar refractivity (Wildman–Crippen MR) is 74.1 cm³/mol. The summed E-state index contributed by atoms with van der Waals surface area (Å²) in [5.74, 6) is -0.218. The average molecular weight is 258 g/mol. The minimum atomic E-state index is -0.124. The number of nitrogens with one attached hydrogen (secondary N) is 1. The number of nitrogens with zero attached hydrogens (tertiary/aromatic N) is 1. The van der Waals surface area contributed by atoms with E-state index < -0.39 is 0 Å². The van der Waals surface area contributed by atoms with Crippen LogP contribution in [0.2, 0.25) is 0 Å². The highest BCUT2D eigenvalue weighted by molar-refractivity contribution is 6.08. The summed E-state index contributed by atoms with van der Waals surface area (Å²) in [4.78, 5) is 25.6. The van der Waals surface area contributed by atoms with Crippen LogP contribution in [0.3, 0.4) is 0 Å². The Morgan fingerprint density at radius 2 is 1.84 bits per heavy atom. The molecule has 0 spiro atoms. The summed E-state index contributed by atoms with van der Waals surface area (Å²) in [7, 11) is 0. The van der Waals surface area contributed by atoms with Crippen molar-refractivity contribution in [2.45, 2.75) is 6.92 Å². The second-order valence-electron chi connectivity index (χ2n) is 4.59. The van der Waals surface area contributed by atoms with Gasteiger partial charge in [0.05, 0.1) is 0 Å². The summed E-state index contributed by atoms with van der Waals surface area (Å²) in [5.41, 5.74) is 1.57. The second-order valence-corrected chi connectivity index (χ2v) is 4.59. The lowest BCUT2D eigenvalue weighted by molar-refractivity contribution is -0.126. The average Bonchev–Trinajstić information content (AvgIpc) is 2.46. The number of allylic oxidation sites excluding steroid dienone is 1. The Morgan fingerprint density at radius 3 is 2.53 bits per heavy atom. The molecule has 0 unspecified atom stereocenters. The van der Waals surface area contributed by atoms with Gasteiger partial charge < -0.3 is 10.2 Å². The van der Waals surface area contributed by atoms with Crippen molar-refractivity contribution in [2.75, 3.05) is 26.2 Å². The van der Waals surface area contributed by atoms with Gasteiger partial charge in [-0.1, -0.05) is 24.3 Å². The lowest BCUT2D eigenvalue weighted by Crippen LogP contribution is -2.45. The lowest BCUT2D eigenvalue weighted by Gasteiger charge is -2.26. The maximum absolute atomic E-state index is 12.0. The molecule has 0 saturated carbocycles. The van der Waals surface area contributed by atoms with E-state index in [1.807, 2.05) is 25.1 Å². The Bertz CT molecular complexity index is 503. The van der Waals surface area contributed by atoms with Crippen molar-refractivity contribution in [3.63, 3.8) is 0 Å². The standard InChI is InChI=1S/C15H18N2O2/c1-12-4-2-3-5-13(12)14(18)6-7-15(19)17-10-8-16-9-11-17/h2-7,16H,8-11H2,1H3. The Hall–Kier alpha value is -1.94. The van der Waals surface area contributed by atoms with E-state index in [9.17, 15) is 9.59 Å². The van der Waals surface area contributed by atoms with Crippen molar-refractivity contribution in [3.05, 3.63) is 47.5 Å². The third-order valence-electron chi connectivity index (χ3n) is 3.22. The molecule has 0 aliphatic carbocycles. The van der Waals surface area contributed by atoms with Gasteiger partial charge in [0.25, 0.3) is 0 Å². The molecular formula is C15H18N2O2. The number of hydrogen-bond acceptors (Lipinski definition) is 3. The maximum atomic E-state index is 12.0. The molecule has 0 radical (unpaired) electrons. The van der Waals surface area contributed by atoms with Crippen LogP contribution in [0.5, 0.6) is 0 Å². The van der Waals surface area contributed by atoms with Crippen LogP contribution in [-0.2, 0) is 4.79 Å². The molecule has 1 aliphatic rings. The van der Waals surface area contributed by atoms with Crippen LogP contribution >= 0.6 is 0 Å². The van der Waals surface area contributed by atoms with Gasteiger partial charge in [0.2, 0.25) is 5.91 Å². The molecule has 1 aromatic rings. The molecule has 1 fully saturated rings. The first-order chi connectivity index (χ1) is 9.18. The molecule has 4 nitrogen and oxygen atoms in total. The van der Waals surface area contributed by atoms with Crippen molar-refractivity contribution >= 4 is 11.7 Å². The molecule has 0 aromatic heterocycles. The molecule has 1 aromatic carbocycles. The summed E-state index contributed by atoms with van der Waals surface area (Å²) in [5, 5.41) is 3.18. The highest BCUT2D eigenvalue weighted by Gasteiger charge is 2.14. The van der Waals surface area contributed by atoms with Crippen LogP contribution in [-0.4, -0.2) is 42.8 Å². The van der Waals surface area contributed by atoms with Crippen LogP contribution in [0, 0.1) is 6.92 Å². The fourth-order valence-corrected chi connectivity index (χ4v) is 2.08. The van der Waals surface area contributed by atoms with E-state index in [0.717, 1.165) is 18.7 Å². The molecule has 0 bridgehead atoms. The topological polar surface area (TPSA) is 49.4 Å². The van der Waals surface area contributed by atoms with Crippen molar-refractivity contribution in [2.24, 2.45) is 0 Å². The van der Waals surface area contributed by atoms with E-state index in [1.165, 1.54) is 12.2 Å². The fourth-order valence-electron chi connectivity index (χ4n) is 2.08. The lowest BCUT2D eigenvalue weighted by atomic mass is 10.0. The zero-order valence-corrected chi connectivity index (χ0v) is 11.1. The van der Waals surface area contributed by atoms with Crippen LogP contribution in [0.25, 0.3) is 0 Å². The minimum absolute atomic E-state index is 0.0940. The number of carbonyl (C=O) groups excluding carboxylic acids is 2. The smallest absolute Gasteiger partial charge is 0.246 e. The SMILES string of the molecule is Cc1ccccc1C(=O)C=CC(=O)N1CCNCC1. The van der Waals surface area contributed by atoms with E-state index in [4.69, 9.17) is 0 Å². The molecule has 4 heteroatoms. The van der Waals surface area contributed by atoms with Gasteiger partial charge in [-0.3, -0.25) is 9.59 Å². The number of benzene rings is 1. The largest absolute Gasteiger partial charge is 0.337 e. The molecule has 1 amide bonds. The van der Waals surface area contributed by atoms with Gasteiger partial charge in [-0.15, -0.1) is 0 Å². The number of piperazine rings is 1. The Balaban J connectivity index is 2.00. The number of rotatable bonds is 3. The molecule has 1 heterocycles. The van der Waals surface area contributed by atoms with Gasteiger partial charge in [0.1, 0.15) is 0 Å². The van der Waals surface area contributed by atoms with E-state index in [1.54, 1.807) is 11.0 Å². The van der Waals surface area contributed by atoms with E-state index in [2.05, 4.69) is 5.32 Å².